The van der Waals surface area contributed by atoms with Crippen molar-refractivity contribution < 1.29 is 13.6 Å². The molecular formula is C20H20F2N2O. The van der Waals surface area contributed by atoms with Gasteiger partial charge in [0.05, 0.1) is 10.9 Å². The van der Waals surface area contributed by atoms with Crippen LogP contribution in [-0.2, 0) is 0 Å². The molecule has 25 heavy (non-hydrogen) atoms. The second-order valence-corrected chi connectivity index (χ2v) is 5.78. The summed E-state index contributed by atoms with van der Waals surface area (Å²) >= 11 is 0. The van der Waals surface area contributed by atoms with Gasteiger partial charge in [0.2, 0.25) is 5.91 Å². The second kappa shape index (κ2) is 7.83. The molecule has 1 aromatic heterocycles. The number of carbonyl (C=O) groups excluding carboxylic acids is 1. The molecule has 0 aliphatic rings. The van der Waals surface area contributed by atoms with E-state index in [1.807, 2.05) is 13.0 Å². The third-order valence-corrected chi connectivity index (χ3v) is 4.03. The number of primary amides is 1. The Bertz CT molecular complexity index is 949. The van der Waals surface area contributed by atoms with Crippen LogP contribution in [0.2, 0.25) is 0 Å². The summed E-state index contributed by atoms with van der Waals surface area (Å²) in [4.78, 5) is 15.8. The van der Waals surface area contributed by atoms with Crippen molar-refractivity contribution >= 4 is 17.6 Å². The van der Waals surface area contributed by atoms with Crippen molar-refractivity contribution in [3.63, 3.8) is 0 Å². The van der Waals surface area contributed by atoms with Crippen molar-refractivity contribution in [1.29, 1.82) is 0 Å². The Hall–Kier alpha value is -2.82. The summed E-state index contributed by atoms with van der Waals surface area (Å²) in [5.41, 5.74) is 7.37. The number of hydrogen-bond donors (Lipinski definition) is 1. The zero-order chi connectivity index (χ0) is 18.6. The van der Waals surface area contributed by atoms with Crippen LogP contribution in [-0.4, -0.2) is 10.9 Å². The first-order chi connectivity index (χ1) is 11.8. The average Bonchev–Trinajstić information content (AvgIpc) is 2.58. The van der Waals surface area contributed by atoms with Gasteiger partial charge in [-0.1, -0.05) is 25.2 Å². The van der Waals surface area contributed by atoms with Gasteiger partial charge >= 0.3 is 0 Å². The number of nitrogens with zero attached hydrogens (tertiary/aromatic N) is 1. The van der Waals surface area contributed by atoms with Gasteiger partial charge in [0, 0.05) is 23.0 Å². The van der Waals surface area contributed by atoms with Gasteiger partial charge < -0.3 is 5.73 Å². The maximum atomic E-state index is 14.1. The van der Waals surface area contributed by atoms with Crippen molar-refractivity contribution in [2.24, 2.45) is 5.73 Å². The van der Waals surface area contributed by atoms with Crippen LogP contribution in [0.5, 0.6) is 0 Å². The SMILES string of the molecule is C=C(CC)CC=c1ncc(C(N)=O)cc1=C(C)c1ccc(F)cc1F. The Balaban J connectivity index is 2.76. The highest BCUT2D eigenvalue weighted by Crippen LogP contribution is 2.16. The van der Waals surface area contributed by atoms with E-state index in [2.05, 4.69) is 11.6 Å². The first kappa shape index (κ1) is 18.5. The zero-order valence-electron chi connectivity index (χ0n) is 14.3. The molecule has 2 N–H and O–H groups in total. The predicted molar refractivity (Wildman–Crippen MR) is 95.1 cm³/mol. The fourth-order valence-electron chi connectivity index (χ4n) is 2.40. The highest BCUT2D eigenvalue weighted by Gasteiger charge is 2.09. The lowest BCUT2D eigenvalue weighted by atomic mass is 10.0. The summed E-state index contributed by atoms with van der Waals surface area (Å²) in [6.07, 6.45) is 4.71. The van der Waals surface area contributed by atoms with Crippen molar-refractivity contribution in [2.45, 2.75) is 26.7 Å². The molecular weight excluding hydrogens is 322 g/mol. The summed E-state index contributed by atoms with van der Waals surface area (Å²) in [5, 5.41) is 1.17. The Labute approximate surface area is 145 Å². The minimum Gasteiger partial charge on any atom is -0.366 e. The standard InChI is InChI=1S/C20H20F2N2O/c1-4-12(2)5-8-19-17(9-14(11-24-19)20(23)25)13(3)16-7-6-15(21)10-18(16)22/h6-11H,2,4-5H2,1,3H3,(H2,23,25). The smallest absolute Gasteiger partial charge is 0.250 e. The van der Waals surface area contributed by atoms with Crippen molar-refractivity contribution in [3.05, 3.63) is 75.9 Å². The zero-order valence-corrected chi connectivity index (χ0v) is 14.3. The van der Waals surface area contributed by atoms with Crippen LogP contribution in [0, 0.1) is 11.6 Å². The lowest BCUT2D eigenvalue weighted by Gasteiger charge is -2.06. The number of benzene rings is 1. The van der Waals surface area contributed by atoms with E-state index in [4.69, 9.17) is 5.73 Å². The van der Waals surface area contributed by atoms with Crippen LogP contribution in [0.15, 0.2) is 42.6 Å². The molecule has 0 saturated carbocycles. The molecule has 0 unspecified atom stereocenters. The third-order valence-electron chi connectivity index (χ3n) is 4.03. The van der Waals surface area contributed by atoms with Gasteiger partial charge in [0.25, 0.3) is 0 Å². The van der Waals surface area contributed by atoms with Crippen LogP contribution < -0.4 is 16.3 Å². The Morgan fingerprint density at radius 3 is 2.64 bits per heavy atom. The second-order valence-electron chi connectivity index (χ2n) is 5.78. The van der Waals surface area contributed by atoms with Crippen molar-refractivity contribution in [3.8, 4) is 0 Å². The van der Waals surface area contributed by atoms with Gasteiger partial charge in [-0.15, -0.1) is 0 Å². The van der Waals surface area contributed by atoms with E-state index in [0.29, 0.717) is 22.6 Å². The van der Waals surface area contributed by atoms with Crippen LogP contribution in [0.1, 0.15) is 42.6 Å². The number of pyridine rings is 1. The highest BCUT2D eigenvalue weighted by atomic mass is 19.1. The summed E-state index contributed by atoms with van der Waals surface area (Å²) in [7, 11) is 0. The number of amides is 1. The normalized spacial score (nSPS) is 12.9. The fourth-order valence-corrected chi connectivity index (χ4v) is 2.40. The summed E-state index contributed by atoms with van der Waals surface area (Å²) in [6.45, 7) is 7.65. The molecule has 0 radical (unpaired) electrons. The molecule has 0 fully saturated rings. The Morgan fingerprint density at radius 1 is 1.32 bits per heavy atom. The van der Waals surface area contributed by atoms with E-state index in [9.17, 15) is 13.6 Å². The maximum Gasteiger partial charge on any atom is 0.250 e. The molecule has 2 aromatic rings. The number of hydrogen-bond acceptors (Lipinski definition) is 2. The minimum atomic E-state index is -0.675. The summed E-state index contributed by atoms with van der Waals surface area (Å²) < 4.78 is 27.3. The number of halogens is 2. The van der Waals surface area contributed by atoms with Gasteiger partial charge in [-0.25, -0.2) is 8.78 Å². The van der Waals surface area contributed by atoms with Crippen LogP contribution in [0.4, 0.5) is 8.78 Å². The van der Waals surface area contributed by atoms with E-state index >= 15 is 0 Å². The van der Waals surface area contributed by atoms with E-state index in [-0.39, 0.29) is 11.1 Å². The van der Waals surface area contributed by atoms with E-state index < -0.39 is 17.5 Å². The summed E-state index contributed by atoms with van der Waals surface area (Å²) in [5.74, 6) is -1.94. The molecule has 1 amide bonds. The first-order valence-electron chi connectivity index (χ1n) is 7.92. The predicted octanol–water partition coefficient (Wildman–Crippen LogP) is 2.81. The van der Waals surface area contributed by atoms with Crippen LogP contribution in [0.3, 0.4) is 0 Å². The molecule has 0 spiro atoms. The number of aromatic nitrogens is 1. The first-order valence-corrected chi connectivity index (χ1v) is 7.92. The number of carbonyl (C=O) groups is 1. The Kier molecular flexibility index (Phi) is 5.80. The number of allylic oxidation sites excluding steroid dienone is 1. The Morgan fingerprint density at radius 2 is 2.04 bits per heavy atom. The molecule has 1 aromatic carbocycles. The fraction of sp³-hybridized carbons (Fsp3) is 0.200. The van der Waals surface area contributed by atoms with Gasteiger partial charge in [-0.3, -0.25) is 9.78 Å². The molecule has 0 saturated heterocycles. The van der Waals surface area contributed by atoms with Gasteiger partial charge in [-0.2, -0.15) is 0 Å². The van der Waals surface area contributed by atoms with Crippen LogP contribution >= 0.6 is 0 Å². The molecule has 1 heterocycles. The molecule has 130 valence electrons. The van der Waals surface area contributed by atoms with Gasteiger partial charge in [0.15, 0.2) is 0 Å². The maximum absolute atomic E-state index is 14.1. The molecule has 0 bridgehead atoms. The van der Waals surface area contributed by atoms with Gasteiger partial charge in [-0.05, 0) is 43.5 Å². The van der Waals surface area contributed by atoms with E-state index in [0.717, 1.165) is 18.1 Å². The van der Waals surface area contributed by atoms with Gasteiger partial charge in [0.1, 0.15) is 11.6 Å². The van der Waals surface area contributed by atoms with E-state index in [1.165, 1.54) is 18.3 Å². The monoisotopic (exact) mass is 342 g/mol. The number of nitrogens with two attached hydrogens (primary N) is 1. The largest absolute Gasteiger partial charge is 0.366 e. The molecule has 0 atom stereocenters. The minimum absolute atomic E-state index is 0.225. The van der Waals surface area contributed by atoms with Crippen molar-refractivity contribution in [1.82, 2.24) is 4.98 Å². The molecule has 0 aliphatic heterocycles. The quantitative estimate of drug-likeness (QED) is 0.850. The topological polar surface area (TPSA) is 56.0 Å². The molecule has 0 aliphatic carbocycles. The molecule has 5 heteroatoms. The highest BCUT2D eigenvalue weighted by molar-refractivity contribution is 5.92. The lowest BCUT2D eigenvalue weighted by molar-refractivity contribution is 0.1000. The third kappa shape index (κ3) is 4.38. The number of rotatable bonds is 5. The summed E-state index contributed by atoms with van der Waals surface area (Å²) in [6, 6.07) is 4.96. The van der Waals surface area contributed by atoms with Crippen LogP contribution in [0.25, 0.3) is 11.6 Å². The molecule has 3 nitrogen and oxygen atoms in total. The molecule has 2 rings (SSSR count). The van der Waals surface area contributed by atoms with E-state index in [1.54, 1.807) is 13.0 Å². The van der Waals surface area contributed by atoms with Crippen molar-refractivity contribution in [2.75, 3.05) is 0 Å². The average molecular weight is 342 g/mol. The lowest BCUT2D eigenvalue weighted by Crippen LogP contribution is -2.32.